The zero-order valence-corrected chi connectivity index (χ0v) is 15.3. The van der Waals surface area contributed by atoms with Crippen molar-refractivity contribution in [1.29, 1.82) is 0 Å². The third kappa shape index (κ3) is 4.81. The summed E-state index contributed by atoms with van der Waals surface area (Å²) in [5.41, 5.74) is 1.44. The number of rotatable bonds is 6. The van der Waals surface area contributed by atoms with Gasteiger partial charge in [0, 0.05) is 23.6 Å². The Morgan fingerprint density at radius 3 is 2.32 bits per heavy atom. The van der Waals surface area contributed by atoms with Crippen molar-refractivity contribution in [2.24, 2.45) is 5.14 Å². The van der Waals surface area contributed by atoms with Crippen LogP contribution in [0.25, 0.3) is 11.4 Å². The lowest BCUT2D eigenvalue weighted by Crippen LogP contribution is -2.21. The van der Waals surface area contributed by atoms with Crippen LogP contribution in [0.3, 0.4) is 0 Å². The molecule has 0 radical (unpaired) electrons. The highest BCUT2D eigenvalue weighted by molar-refractivity contribution is 7.89. The van der Waals surface area contributed by atoms with E-state index in [1.165, 1.54) is 24.3 Å². The fourth-order valence-corrected chi connectivity index (χ4v) is 2.84. The molecule has 0 atom stereocenters. The summed E-state index contributed by atoms with van der Waals surface area (Å²) in [5.74, 6) is -0.539. The maximum absolute atomic E-state index is 12.0. The first-order valence-electron chi connectivity index (χ1n) is 8.02. The predicted octanol–water partition coefficient (Wildman–Crippen LogP) is 1.52. The van der Waals surface area contributed by atoms with Gasteiger partial charge in [-0.05, 0) is 36.4 Å². The summed E-state index contributed by atoms with van der Waals surface area (Å²) < 4.78 is 27.4. The minimum Gasteiger partial charge on any atom is -0.452 e. The van der Waals surface area contributed by atoms with Gasteiger partial charge in [0.2, 0.25) is 10.0 Å². The van der Waals surface area contributed by atoms with Gasteiger partial charge in [-0.3, -0.25) is 4.79 Å². The number of amides is 1. The quantitative estimate of drug-likeness (QED) is 0.535. The Hall–Kier alpha value is -3.50. The molecule has 0 saturated carbocycles. The van der Waals surface area contributed by atoms with Crippen LogP contribution >= 0.6 is 0 Å². The third-order valence-corrected chi connectivity index (χ3v) is 4.62. The number of carbonyl (C=O) groups is 2. The van der Waals surface area contributed by atoms with Crippen LogP contribution in [0, 0.1) is 0 Å². The van der Waals surface area contributed by atoms with Crippen LogP contribution in [0.1, 0.15) is 10.4 Å². The van der Waals surface area contributed by atoms with Gasteiger partial charge in [-0.1, -0.05) is 12.1 Å². The number of primary sulfonamides is 1. The molecule has 9 nitrogen and oxygen atoms in total. The summed E-state index contributed by atoms with van der Waals surface area (Å²) in [6.07, 6.45) is 3.32. The zero-order valence-electron chi connectivity index (χ0n) is 14.5. The molecule has 144 valence electrons. The van der Waals surface area contributed by atoms with E-state index in [1.807, 2.05) is 0 Å². The molecule has 0 fully saturated rings. The molecule has 0 aliphatic heterocycles. The summed E-state index contributed by atoms with van der Waals surface area (Å²) in [6, 6.07) is 11.9. The molecule has 0 saturated heterocycles. The molecule has 0 unspecified atom stereocenters. The number of aromatic nitrogens is 2. The molecule has 28 heavy (non-hydrogen) atoms. The van der Waals surface area contributed by atoms with Gasteiger partial charge in [0.25, 0.3) is 5.91 Å². The fourth-order valence-electron chi connectivity index (χ4n) is 2.33. The molecule has 2 aromatic carbocycles. The molecule has 1 amide bonds. The summed E-state index contributed by atoms with van der Waals surface area (Å²) >= 11 is 0. The molecule has 0 bridgehead atoms. The largest absolute Gasteiger partial charge is 0.452 e. The molecule has 3 aromatic rings. The number of esters is 1. The van der Waals surface area contributed by atoms with Crippen molar-refractivity contribution in [3.8, 4) is 11.4 Å². The number of carbonyl (C=O) groups excluding carboxylic acids is 2. The van der Waals surface area contributed by atoms with E-state index in [-0.39, 0.29) is 4.90 Å². The van der Waals surface area contributed by atoms with Gasteiger partial charge in [-0.15, -0.1) is 0 Å². The number of benzene rings is 2. The van der Waals surface area contributed by atoms with Gasteiger partial charge >= 0.3 is 5.97 Å². The van der Waals surface area contributed by atoms with Crippen molar-refractivity contribution in [2.45, 2.75) is 4.90 Å². The average Bonchev–Trinajstić information content (AvgIpc) is 3.21. The molecule has 1 aromatic heterocycles. The minimum absolute atomic E-state index is 0.0741. The topological polar surface area (TPSA) is 144 Å². The van der Waals surface area contributed by atoms with E-state index < -0.39 is 28.5 Å². The lowest BCUT2D eigenvalue weighted by molar-refractivity contribution is -0.119. The van der Waals surface area contributed by atoms with E-state index >= 15 is 0 Å². The third-order valence-electron chi connectivity index (χ3n) is 3.69. The fraction of sp³-hybridized carbons (Fsp3) is 0.0556. The number of H-pyrrole nitrogens is 1. The Labute approximate surface area is 160 Å². The molecule has 0 aliphatic carbocycles. The first kappa shape index (κ1) is 19.3. The Morgan fingerprint density at radius 1 is 1.07 bits per heavy atom. The van der Waals surface area contributed by atoms with E-state index in [0.717, 1.165) is 5.56 Å². The average molecular weight is 400 g/mol. The number of hydrogen-bond acceptors (Lipinski definition) is 6. The number of aromatic amines is 1. The van der Waals surface area contributed by atoms with Crippen LogP contribution in [0.4, 0.5) is 5.69 Å². The van der Waals surface area contributed by atoms with Crippen molar-refractivity contribution < 1.29 is 22.7 Å². The van der Waals surface area contributed by atoms with E-state index in [0.29, 0.717) is 17.1 Å². The maximum atomic E-state index is 12.0. The normalized spacial score (nSPS) is 11.0. The van der Waals surface area contributed by atoms with E-state index in [4.69, 9.17) is 9.88 Å². The second-order valence-corrected chi connectivity index (χ2v) is 7.27. The molecule has 4 N–H and O–H groups in total. The smallest absolute Gasteiger partial charge is 0.338 e. The number of nitrogens with one attached hydrogen (secondary N) is 2. The molecule has 3 rings (SSSR count). The Balaban J connectivity index is 1.53. The second kappa shape index (κ2) is 8.03. The van der Waals surface area contributed by atoms with Crippen LogP contribution in [0.2, 0.25) is 0 Å². The van der Waals surface area contributed by atoms with Gasteiger partial charge in [0.1, 0.15) is 5.82 Å². The Kier molecular flexibility index (Phi) is 5.52. The van der Waals surface area contributed by atoms with Crippen LogP contribution in [-0.4, -0.2) is 36.9 Å². The summed E-state index contributed by atoms with van der Waals surface area (Å²) in [6.45, 7) is -0.490. The lowest BCUT2D eigenvalue weighted by Gasteiger charge is -2.07. The lowest BCUT2D eigenvalue weighted by atomic mass is 10.1. The number of nitrogens with zero attached hydrogens (tertiary/aromatic N) is 1. The number of imidazole rings is 1. The molecule has 0 aliphatic rings. The first-order chi connectivity index (χ1) is 13.3. The molecule has 1 heterocycles. The Morgan fingerprint density at radius 2 is 1.75 bits per heavy atom. The number of sulfonamides is 1. The minimum atomic E-state index is -3.81. The van der Waals surface area contributed by atoms with Gasteiger partial charge in [0.05, 0.1) is 10.5 Å². The standard InChI is InChI=1S/C18H16N4O5S/c19-28(25,26)15-7-5-14(6-8-15)22-16(23)11-27-18(24)13-3-1-12(2-4-13)17-20-9-10-21-17/h1-10H,11H2,(H,20,21)(H,22,23)(H2,19,25,26). The summed E-state index contributed by atoms with van der Waals surface area (Å²) in [4.78, 5) is 30.9. The van der Waals surface area contributed by atoms with Crippen molar-refractivity contribution in [3.05, 3.63) is 66.5 Å². The Bertz CT molecular complexity index is 1080. The van der Waals surface area contributed by atoms with Gasteiger partial charge in [-0.2, -0.15) is 0 Å². The number of anilines is 1. The van der Waals surface area contributed by atoms with Crippen LogP contribution in [0.15, 0.2) is 65.8 Å². The van der Waals surface area contributed by atoms with Gasteiger partial charge in [0.15, 0.2) is 6.61 Å². The summed E-state index contributed by atoms with van der Waals surface area (Å²) in [5, 5.41) is 7.49. The maximum Gasteiger partial charge on any atom is 0.338 e. The molecular formula is C18H16N4O5S. The number of nitrogens with two attached hydrogens (primary N) is 1. The van der Waals surface area contributed by atoms with Crippen LogP contribution < -0.4 is 10.5 Å². The van der Waals surface area contributed by atoms with Crippen molar-refractivity contribution in [2.75, 3.05) is 11.9 Å². The molecular weight excluding hydrogens is 384 g/mol. The van der Waals surface area contributed by atoms with Crippen molar-refractivity contribution in [1.82, 2.24) is 9.97 Å². The van der Waals surface area contributed by atoms with Crippen LogP contribution in [0.5, 0.6) is 0 Å². The second-order valence-electron chi connectivity index (χ2n) is 5.71. The zero-order chi connectivity index (χ0) is 20.1. The van der Waals surface area contributed by atoms with Gasteiger partial charge < -0.3 is 15.0 Å². The highest BCUT2D eigenvalue weighted by Crippen LogP contribution is 2.16. The number of ether oxygens (including phenoxy) is 1. The number of hydrogen-bond donors (Lipinski definition) is 3. The van der Waals surface area contributed by atoms with E-state index in [1.54, 1.807) is 36.7 Å². The van der Waals surface area contributed by atoms with Gasteiger partial charge in [-0.25, -0.2) is 23.3 Å². The SMILES string of the molecule is NS(=O)(=O)c1ccc(NC(=O)COC(=O)c2ccc(-c3ncc[nH]3)cc2)cc1. The highest BCUT2D eigenvalue weighted by atomic mass is 32.2. The van der Waals surface area contributed by atoms with Crippen molar-refractivity contribution in [3.63, 3.8) is 0 Å². The highest BCUT2D eigenvalue weighted by Gasteiger charge is 2.12. The molecule has 10 heteroatoms. The van der Waals surface area contributed by atoms with E-state index in [9.17, 15) is 18.0 Å². The van der Waals surface area contributed by atoms with E-state index in [2.05, 4.69) is 15.3 Å². The first-order valence-corrected chi connectivity index (χ1v) is 9.57. The van der Waals surface area contributed by atoms with Crippen LogP contribution in [-0.2, 0) is 19.6 Å². The molecule has 0 spiro atoms. The summed E-state index contributed by atoms with van der Waals surface area (Å²) in [7, 11) is -3.81. The predicted molar refractivity (Wildman–Crippen MR) is 101 cm³/mol. The van der Waals surface area contributed by atoms with Crippen molar-refractivity contribution >= 4 is 27.6 Å². The monoisotopic (exact) mass is 400 g/mol.